The summed E-state index contributed by atoms with van der Waals surface area (Å²) in [6.45, 7) is 4.96. The molecule has 0 radical (unpaired) electrons. The number of anilines is 1. The van der Waals surface area contributed by atoms with Gasteiger partial charge in [0.25, 0.3) is 5.91 Å². The van der Waals surface area contributed by atoms with Crippen LogP contribution in [0.3, 0.4) is 0 Å². The average Bonchev–Trinajstić information content (AvgIpc) is 3.40. The van der Waals surface area contributed by atoms with Crippen molar-refractivity contribution in [3.05, 3.63) is 92.4 Å². The van der Waals surface area contributed by atoms with Gasteiger partial charge in [0.2, 0.25) is 5.95 Å². The number of carbonyl (C=O) groups excluding carboxylic acids is 1. The van der Waals surface area contributed by atoms with Crippen molar-refractivity contribution in [1.82, 2.24) is 14.8 Å². The minimum Gasteiger partial charge on any atom is -0.487 e. The lowest BCUT2D eigenvalue weighted by Crippen LogP contribution is -2.12. The molecule has 4 rings (SSSR count). The van der Waals surface area contributed by atoms with Crippen LogP contribution in [0.15, 0.2) is 60.2 Å². The second-order valence-electron chi connectivity index (χ2n) is 7.19. The molecular weight excluding hydrogens is 432 g/mol. The van der Waals surface area contributed by atoms with Crippen LogP contribution in [0.5, 0.6) is 5.75 Å². The van der Waals surface area contributed by atoms with Crippen molar-refractivity contribution >= 4 is 34.8 Å². The quantitative estimate of drug-likeness (QED) is 0.402. The molecule has 0 aliphatic carbocycles. The maximum absolute atomic E-state index is 12.6. The number of nitrogens with one attached hydrogen (secondary N) is 1. The summed E-state index contributed by atoms with van der Waals surface area (Å²) in [5, 5.41) is 9.55. The monoisotopic (exact) mass is 452 g/mol. The molecule has 0 unspecified atom stereocenters. The molecule has 1 amide bonds. The first kappa shape index (κ1) is 21.1. The molecule has 2 aromatic heterocycles. The summed E-state index contributed by atoms with van der Waals surface area (Å²) in [5.41, 5.74) is 4.30. The van der Waals surface area contributed by atoms with Gasteiger partial charge in [-0.15, -0.1) is 16.4 Å². The molecule has 4 aromatic rings. The number of hydrogen-bond donors (Lipinski definition) is 1. The molecule has 0 bridgehead atoms. The van der Waals surface area contributed by atoms with Crippen LogP contribution >= 0.6 is 22.9 Å². The summed E-state index contributed by atoms with van der Waals surface area (Å²) in [6.07, 6.45) is 1.61. The summed E-state index contributed by atoms with van der Waals surface area (Å²) in [5.74, 6) is 0.650. The van der Waals surface area contributed by atoms with E-state index in [2.05, 4.69) is 34.5 Å². The second-order valence-corrected chi connectivity index (χ2v) is 8.51. The molecule has 0 aliphatic rings. The Labute approximate surface area is 189 Å². The Bertz CT molecular complexity index is 1220. The van der Waals surface area contributed by atoms with Crippen LogP contribution in [0, 0.1) is 13.8 Å². The predicted octanol–water partition coefficient (Wildman–Crippen LogP) is 5.49. The Balaban J connectivity index is 1.35. The van der Waals surface area contributed by atoms with Gasteiger partial charge in [-0.25, -0.2) is 9.67 Å². The number of aryl methyl sites for hydroxylation is 2. The Morgan fingerprint density at radius 2 is 2.03 bits per heavy atom. The van der Waals surface area contributed by atoms with Crippen molar-refractivity contribution in [1.29, 1.82) is 0 Å². The molecule has 0 fully saturated rings. The number of benzene rings is 2. The number of halogens is 1. The lowest BCUT2D eigenvalue weighted by Gasteiger charge is -2.07. The van der Waals surface area contributed by atoms with Gasteiger partial charge in [-0.1, -0.05) is 41.9 Å². The zero-order valence-electron chi connectivity index (χ0n) is 17.1. The van der Waals surface area contributed by atoms with Crippen LogP contribution in [0.4, 0.5) is 5.95 Å². The number of nitrogens with zero attached hydrogens (tertiary/aromatic N) is 3. The maximum Gasteiger partial charge on any atom is 0.268 e. The molecular formula is C23H21ClN4O2S. The molecule has 0 spiro atoms. The predicted molar refractivity (Wildman–Crippen MR) is 123 cm³/mol. The molecule has 6 nitrogen and oxygen atoms in total. The van der Waals surface area contributed by atoms with Gasteiger partial charge in [-0.05, 0) is 54.1 Å². The van der Waals surface area contributed by atoms with E-state index < -0.39 is 0 Å². The van der Waals surface area contributed by atoms with Crippen LogP contribution in [0.1, 0.15) is 31.9 Å². The third-order valence-corrected chi connectivity index (χ3v) is 6.00. The molecule has 2 heterocycles. The molecule has 0 saturated carbocycles. The normalized spacial score (nSPS) is 10.8. The topological polar surface area (TPSA) is 69.0 Å². The molecule has 0 saturated heterocycles. The Kier molecular flexibility index (Phi) is 6.34. The van der Waals surface area contributed by atoms with Crippen molar-refractivity contribution in [3.63, 3.8) is 0 Å². The molecule has 8 heteroatoms. The number of thiophene rings is 1. The van der Waals surface area contributed by atoms with E-state index in [-0.39, 0.29) is 11.9 Å². The Morgan fingerprint density at radius 1 is 1.19 bits per heavy atom. The average molecular weight is 453 g/mol. The smallest absolute Gasteiger partial charge is 0.268 e. The van der Waals surface area contributed by atoms with Crippen molar-refractivity contribution in [2.75, 3.05) is 5.32 Å². The minimum absolute atomic E-state index is 0.251. The highest BCUT2D eigenvalue weighted by Crippen LogP contribution is 2.27. The highest BCUT2D eigenvalue weighted by molar-refractivity contribution is 7.12. The van der Waals surface area contributed by atoms with Crippen molar-refractivity contribution in [2.24, 2.45) is 0 Å². The molecule has 31 heavy (non-hydrogen) atoms. The highest BCUT2D eigenvalue weighted by Gasteiger charge is 2.13. The van der Waals surface area contributed by atoms with Gasteiger partial charge in [0, 0.05) is 5.56 Å². The molecule has 0 atom stereocenters. The number of ether oxygens (including phenoxy) is 1. The van der Waals surface area contributed by atoms with E-state index in [1.807, 2.05) is 42.6 Å². The minimum atomic E-state index is -0.251. The van der Waals surface area contributed by atoms with Crippen LogP contribution < -0.4 is 10.1 Å². The van der Waals surface area contributed by atoms with Crippen molar-refractivity contribution in [2.45, 2.75) is 27.0 Å². The fourth-order valence-corrected chi connectivity index (χ4v) is 3.97. The zero-order valence-corrected chi connectivity index (χ0v) is 18.7. The maximum atomic E-state index is 12.6. The van der Waals surface area contributed by atoms with Gasteiger partial charge in [-0.3, -0.25) is 10.1 Å². The van der Waals surface area contributed by atoms with Gasteiger partial charge in [0.05, 0.1) is 16.4 Å². The second kappa shape index (κ2) is 9.32. The summed E-state index contributed by atoms with van der Waals surface area (Å²) >= 11 is 7.51. The van der Waals surface area contributed by atoms with Crippen molar-refractivity contribution < 1.29 is 9.53 Å². The first-order chi connectivity index (χ1) is 15.0. The Morgan fingerprint density at radius 3 is 2.87 bits per heavy atom. The van der Waals surface area contributed by atoms with E-state index in [0.29, 0.717) is 28.8 Å². The number of amides is 1. The van der Waals surface area contributed by atoms with Gasteiger partial charge in [0.1, 0.15) is 18.7 Å². The SMILES string of the molecule is Cc1ccc(Cl)c(OCc2csc(C(=O)Nc3ncn(Cc4ccccc4C)n3)c2)c1. The van der Waals surface area contributed by atoms with Crippen LogP contribution in [0.25, 0.3) is 0 Å². The summed E-state index contributed by atoms with van der Waals surface area (Å²) < 4.78 is 7.51. The lowest BCUT2D eigenvalue weighted by atomic mass is 10.1. The largest absolute Gasteiger partial charge is 0.487 e. The molecule has 1 N–H and O–H groups in total. The fraction of sp³-hybridized carbons (Fsp3) is 0.174. The first-order valence-corrected chi connectivity index (χ1v) is 11.0. The number of hydrogen-bond acceptors (Lipinski definition) is 5. The first-order valence-electron chi connectivity index (χ1n) is 9.69. The molecule has 158 valence electrons. The van der Waals surface area contributed by atoms with E-state index in [9.17, 15) is 4.79 Å². The summed E-state index contributed by atoms with van der Waals surface area (Å²) in [7, 11) is 0. The summed E-state index contributed by atoms with van der Waals surface area (Å²) in [6, 6.07) is 15.5. The third-order valence-electron chi connectivity index (χ3n) is 4.71. The molecule has 0 aliphatic heterocycles. The fourth-order valence-electron chi connectivity index (χ4n) is 3.01. The third kappa shape index (κ3) is 5.31. The van der Waals surface area contributed by atoms with Gasteiger partial charge in [-0.2, -0.15) is 0 Å². The van der Waals surface area contributed by atoms with E-state index in [4.69, 9.17) is 16.3 Å². The van der Waals surface area contributed by atoms with Gasteiger partial charge >= 0.3 is 0 Å². The number of carbonyl (C=O) groups is 1. The standard InChI is InChI=1S/C23H21ClN4O2S/c1-15-7-8-19(24)20(9-15)30-12-17-10-21(31-13-17)22(29)26-23-25-14-28(27-23)11-18-6-4-3-5-16(18)2/h3-10,13-14H,11-12H2,1-2H3,(H,26,27,29). The van der Waals surface area contributed by atoms with E-state index >= 15 is 0 Å². The van der Waals surface area contributed by atoms with Crippen LogP contribution in [-0.2, 0) is 13.2 Å². The van der Waals surface area contributed by atoms with Crippen LogP contribution in [0.2, 0.25) is 5.02 Å². The number of rotatable bonds is 7. The van der Waals surface area contributed by atoms with Gasteiger partial charge < -0.3 is 4.74 Å². The van der Waals surface area contributed by atoms with Crippen LogP contribution in [-0.4, -0.2) is 20.7 Å². The Hall–Kier alpha value is -3.16. The van der Waals surface area contributed by atoms with E-state index in [1.165, 1.54) is 16.9 Å². The lowest BCUT2D eigenvalue weighted by molar-refractivity contribution is 0.102. The van der Waals surface area contributed by atoms with Crippen molar-refractivity contribution in [3.8, 4) is 5.75 Å². The molecule has 2 aromatic carbocycles. The zero-order chi connectivity index (χ0) is 21.8. The van der Waals surface area contributed by atoms with Gasteiger partial charge in [0.15, 0.2) is 0 Å². The van der Waals surface area contributed by atoms with E-state index in [1.54, 1.807) is 17.1 Å². The number of aromatic nitrogens is 3. The highest BCUT2D eigenvalue weighted by atomic mass is 35.5. The summed E-state index contributed by atoms with van der Waals surface area (Å²) in [4.78, 5) is 17.3. The van der Waals surface area contributed by atoms with E-state index in [0.717, 1.165) is 16.7 Å².